The summed E-state index contributed by atoms with van der Waals surface area (Å²) in [6.07, 6.45) is 2.02. The van der Waals surface area contributed by atoms with Crippen LogP contribution in [-0.2, 0) is 17.6 Å². The topological polar surface area (TPSA) is 86.9 Å². The number of carbonyl (C=O) groups is 2. The number of aromatic amines is 1. The van der Waals surface area contributed by atoms with Crippen LogP contribution in [0.4, 0.5) is 11.4 Å². The van der Waals surface area contributed by atoms with Gasteiger partial charge in [0.05, 0.1) is 11.0 Å². The van der Waals surface area contributed by atoms with E-state index >= 15 is 0 Å². The van der Waals surface area contributed by atoms with Gasteiger partial charge in [-0.15, -0.1) is 0 Å². The standard InChI is InChI=1S/C25H23BrN4O2/c1-2-24(31)27-19-9-3-16(4-10-19)5-14-23-29-21-13-6-17(15-22(21)30-23)25(32)28-20-11-7-18(26)8-12-20/h3-4,6-13,15H,2,5,14H2,1H3,(H,27,31)(H,28,32)(H,29,30). The van der Waals surface area contributed by atoms with Crippen molar-refractivity contribution in [1.82, 2.24) is 9.97 Å². The molecule has 7 heteroatoms. The Morgan fingerprint density at radius 3 is 2.31 bits per heavy atom. The van der Waals surface area contributed by atoms with Crippen LogP contribution in [0.1, 0.15) is 35.1 Å². The van der Waals surface area contributed by atoms with Crippen LogP contribution in [0.3, 0.4) is 0 Å². The number of amides is 2. The van der Waals surface area contributed by atoms with Crippen LogP contribution >= 0.6 is 15.9 Å². The minimum atomic E-state index is -0.166. The number of hydrogen-bond acceptors (Lipinski definition) is 3. The van der Waals surface area contributed by atoms with Gasteiger partial charge in [-0.2, -0.15) is 0 Å². The fourth-order valence-corrected chi connectivity index (χ4v) is 3.59. The molecule has 0 aliphatic rings. The lowest BCUT2D eigenvalue weighted by Crippen LogP contribution is -2.11. The van der Waals surface area contributed by atoms with Gasteiger partial charge >= 0.3 is 0 Å². The second-order valence-corrected chi connectivity index (χ2v) is 8.39. The first-order chi connectivity index (χ1) is 15.5. The largest absolute Gasteiger partial charge is 0.342 e. The predicted octanol–water partition coefficient (Wildman–Crippen LogP) is 5.71. The Kier molecular flexibility index (Phi) is 6.66. The third kappa shape index (κ3) is 5.42. The molecule has 0 aliphatic heterocycles. The van der Waals surface area contributed by atoms with Crippen molar-refractivity contribution in [3.8, 4) is 0 Å². The second kappa shape index (κ2) is 9.78. The van der Waals surface area contributed by atoms with Crippen molar-refractivity contribution in [2.24, 2.45) is 0 Å². The summed E-state index contributed by atoms with van der Waals surface area (Å²) in [5.41, 5.74) is 4.94. The minimum Gasteiger partial charge on any atom is -0.342 e. The quantitative estimate of drug-likeness (QED) is 0.310. The van der Waals surface area contributed by atoms with Gasteiger partial charge in [0.15, 0.2) is 0 Å². The molecular formula is C25H23BrN4O2. The Labute approximate surface area is 194 Å². The average Bonchev–Trinajstić information content (AvgIpc) is 3.22. The smallest absolute Gasteiger partial charge is 0.255 e. The van der Waals surface area contributed by atoms with Crippen LogP contribution in [0.5, 0.6) is 0 Å². The van der Waals surface area contributed by atoms with Crippen molar-refractivity contribution in [2.45, 2.75) is 26.2 Å². The first-order valence-corrected chi connectivity index (χ1v) is 11.2. The van der Waals surface area contributed by atoms with Gasteiger partial charge in [-0.3, -0.25) is 9.59 Å². The van der Waals surface area contributed by atoms with Gasteiger partial charge in [-0.25, -0.2) is 4.98 Å². The lowest BCUT2D eigenvalue weighted by molar-refractivity contribution is -0.115. The number of anilines is 2. The molecule has 162 valence electrons. The van der Waals surface area contributed by atoms with E-state index in [0.717, 1.165) is 51.1 Å². The van der Waals surface area contributed by atoms with E-state index in [-0.39, 0.29) is 11.8 Å². The van der Waals surface area contributed by atoms with Crippen molar-refractivity contribution < 1.29 is 9.59 Å². The SMILES string of the molecule is CCC(=O)Nc1ccc(CCc2nc3ccc(C(=O)Nc4ccc(Br)cc4)cc3[nH]2)cc1. The molecule has 1 heterocycles. The molecule has 0 saturated heterocycles. The normalized spacial score (nSPS) is 10.8. The van der Waals surface area contributed by atoms with Crippen molar-refractivity contribution in [2.75, 3.05) is 10.6 Å². The van der Waals surface area contributed by atoms with Crippen molar-refractivity contribution in [1.29, 1.82) is 0 Å². The molecule has 3 aromatic carbocycles. The van der Waals surface area contributed by atoms with Crippen LogP contribution in [0.25, 0.3) is 11.0 Å². The molecule has 6 nitrogen and oxygen atoms in total. The number of aromatic nitrogens is 2. The number of nitrogens with one attached hydrogen (secondary N) is 3. The second-order valence-electron chi connectivity index (χ2n) is 7.48. The van der Waals surface area contributed by atoms with Gasteiger partial charge < -0.3 is 15.6 Å². The molecule has 32 heavy (non-hydrogen) atoms. The number of halogens is 1. The molecule has 0 saturated carbocycles. The van der Waals surface area contributed by atoms with Crippen LogP contribution in [0.2, 0.25) is 0 Å². The number of rotatable bonds is 7. The molecule has 0 aliphatic carbocycles. The van der Waals surface area contributed by atoms with Gasteiger partial charge in [0.25, 0.3) is 5.91 Å². The molecular weight excluding hydrogens is 468 g/mol. The van der Waals surface area contributed by atoms with Crippen molar-refractivity contribution in [3.63, 3.8) is 0 Å². The zero-order valence-corrected chi connectivity index (χ0v) is 19.2. The molecule has 4 rings (SSSR count). The van der Waals surface area contributed by atoms with E-state index in [0.29, 0.717) is 12.0 Å². The van der Waals surface area contributed by atoms with E-state index in [1.165, 1.54) is 0 Å². The predicted molar refractivity (Wildman–Crippen MR) is 131 cm³/mol. The molecule has 0 fully saturated rings. The molecule has 0 bridgehead atoms. The van der Waals surface area contributed by atoms with Gasteiger partial charge in [0.1, 0.15) is 5.82 Å². The molecule has 1 aromatic heterocycles. The third-order valence-corrected chi connectivity index (χ3v) is 5.63. The Balaban J connectivity index is 1.40. The van der Waals surface area contributed by atoms with Crippen molar-refractivity contribution in [3.05, 3.63) is 88.2 Å². The highest BCUT2D eigenvalue weighted by Gasteiger charge is 2.10. The lowest BCUT2D eigenvalue weighted by atomic mass is 10.1. The minimum absolute atomic E-state index is 0.00455. The summed E-state index contributed by atoms with van der Waals surface area (Å²) in [5.74, 6) is 0.708. The monoisotopic (exact) mass is 490 g/mol. The van der Waals surface area contributed by atoms with Gasteiger partial charge in [-0.05, 0) is 66.6 Å². The van der Waals surface area contributed by atoms with Gasteiger partial charge in [-0.1, -0.05) is 35.0 Å². The Morgan fingerprint density at radius 2 is 1.59 bits per heavy atom. The van der Waals surface area contributed by atoms with E-state index in [4.69, 9.17) is 0 Å². The fourth-order valence-electron chi connectivity index (χ4n) is 3.33. The van der Waals surface area contributed by atoms with Gasteiger partial charge in [0.2, 0.25) is 5.91 Å². The summed E-state index contributed by atoms with van der Waals surface area (Å²) in [4.78, 5) is 32.0. The molecule has 0 unspecified atom stereocenters. The highest BCUT2D eigenvalue weighted by Crippen LogP contribution is 2.19. The molecule has 4 aromatic rings. The number of hydrogen-bond donors (Lipinski definition) is 3. The maximum atomic E-state index is 12.6. The molecule has 3 N–H and O–H groups in total. The molecule has 2 amide bonds. The zero-order valence-electron chi connectivity index (χ0n) is 17.6. The maximum Gasteiger partial charge on any atom is 0.255 e. The first-order valence-electron chi connectivity index (χ1n) is 10.4. The Hall–Kier alpha value is -3.45. The van der Waals surface area contributed by atoms with E-state index in [1.54, 1.807) is 6.07 Å². The lowest BCUT2D eigenvalue weighted by Gasteiger charge is -2.05. The summed E-state index contributed by atoms with van der Waals surface area (Å²) >= 11 is 3.39. The summed E-state index contributed by atoms with van der Waals surface area (Å²) in [7, 11) is 0. The highest BCUT2D eigenvalue weighted by molar-refractivity contribution is 9.10. The zero-order chi connectivity index (χ0) is 22.5. The molecule has 0 spiro atoms. The maximum absolute atomic E-state index is 12.6. The number of fused-ring (bicyclic) bond motifs is 1. The van der Waals surface area contributed by atoms with E-state index < -0.39 is 0 Å². The Morgan fingerprint density at radius 1 is 0.906 bits per heavy atom. The first kappa shape index (κ1) is 21.8. The van der Waals surface area contributed by atoms with E-state index in [2.05, 4.69) is 36.5 Å². The summed E-state index contributed by atoms with van der Waals surface area (Å²) < 4.78 is 0.959. The number of carbonyl (C=O) groups excluding carboxylic acids is 2. The number of H-pyrrole nitrogens is 1. The summed E-state index contributed by atoms with van der Waals surface area (Å²) in [6, 6.07) is 20.8. The average molecular weight is 491 g/mol. The van der Waals surface area contributed by atoms with E-state index in [9.17, 15) is 9.59 Å². The molecule has 0 atom stereocenters. The third-order valence-electron chi connectivity index (χ3n) is 5.10. The number of imidazole rings is 1. The van der Waals surface area contributed by atoms with Crippen LogP contribution in [-0.4, -0.2) is 21.8 Å². The van der Waals surface area contributed by atoms with Crippen molar-refractivity contribution >= 4 is 50.2 Å². The van der Waals surface area contributed by atoms with Crippen LogP contribution < -0.4 is 10.6 Å². The van der Waals surface area contributed by atoms with E-state index in [1.807, 2.05) is 67.6 Å². The highest BCUT2D eigenvalue weighted by atomic mass is 79.9. The number of aryl methyl sites for hydroxylation is 2. The Bertz CT molecular complexity index is 1250. The fraction of sp³-hybridized carbons (Fsp3) is 0.160. The number of benzene rings is 3. The van der Waals surface area contributed by atoms with Crippen LogP contribution in [0, 0.1) is 0 Å². The summed E-state index contributed by atoms with van der Waals surface area (Å²) in [5, 5.41) is 5.75. The van der Waals surface area contributed by atoms with Crippen LogP contribution in [0.15, 0.2) is 71.2 Å². The molecule has 0 radical (unpaired) electrons. The van der Waals surface area contributed by atoms with Gasteiger partial charge in [0, 0.05) is 34.3 Å². The number of nitrogens with zero attached hydrogens (tertiary/aromatic N) is 1. The summed E-state index contributed by atoms with van der Waals surface area (Å²) in [6.45, 7) is 1.83.